The van der Waals surface area contributed by atoms with Gasteiger partial charge in [0.05, 0.1) is 14.4 Å². The van der Waals surface area contributed by atoms with Crippen molar-refractivity contribution in [1.29, 1.82) is 0 Å². The van der Waals surface area contributed by atoms with Crippen molar-refractivity contribution in [3.63, 3.8) is 0 Å². The minimum absolute atomic E-state index is 0.127. The number of hydrogen-bond donors (Lipinski definition) is 2. The van der Waals surface area contributed by atoms with Crippen LogP contribution in [0.4, 0.5) is 0 Å². The molecule has 1 aromatic rings. The molecule has 0 aromatic heterocycles. The summed E-state index contributed by atoms with van der Waals surface area (Å²) in [4.78, 5) is 0.127. The normalized spacial score (nSPS) is 13.8. The Morgan fingerprint density at radius 1 is 1.42 bits per heavy atom. The van der Waals surface area contributed by atoms with Crippen LogP contribution in [-0.4, -0.2) is 21.0 Å². The number of benzene rings is 1. The highest BCUT2D eigenvalue weighted by molar-refractivity contribution is 9.10. The number of halogens is 2. The van der Waals surface area contributed by atoms with Crippen LogP contribution in [0.2, 0.25) is 5.02 Å². The molecule has 4 nitrogen and oxygen atoms in total. The first-order chi connectivity index (χ1) is 8.77. The van der Waals surface area contributed by atoms with Gasteiger partial charge in [0.15, 0.2) is 0 Å². The zero-order valence-corrected chi connectivity index (χ0v) is 14.0. The van der Waals surface area contributed by atoms with Gasteiger partial charge in [-0.2, -0.15) is 0 Å². The van der Waals surface area contributed by atoms with Gasteiger partial charge in [-0.1, -0.05) is 31.5 Å². The standard InChI is InChI=1S/C12H18BrClN2O2S/c1-8(2)6-9(7-15)16-19(17,18)11-5-3-4-10(14)12(11)13/h3-5,8-9,16H,6-7,15H2,1-2H3. The Balaban J connectivity index is 3.01. The molecule has 1 atom stereocenters. The van der Waals surface area contributed by atoms with E-state index >= 15 is 0 Å². The Kier molecular flexibility index (Phi) is 6.26. The van der Waals surface area contributed by atoms with Crippen LogP contribution >= 0.6 is 27.5 Å². The lowest BCUT2D eigenvalue weighted by molar-refractivity contribution is 0.465. The van der Waals surface area contributed by atoms with Gasteiger partial charge in [0.2, 0.25) is 10.0 Å². The lowest BCUT2D eigenvalue weighted by Gasteiger charge is -2.19. The van der Waals surface area contributed by atoms with Crippen LogP contribution in [0.3, 0.4) is 0 Å². The SMILES string of the molecule is CC(C)CC(CN)NS(=O)(=O)c1cccc(Cl)c1Br. The first-order valence-corrected chi connectivity index (χ1v) is 8.59. The molecule has 0 saturated carbocycles. The molecule has 3 N–H and O–H groups in total. The zero-order chi connectivity index (χ0) is 14.6. The van der Waals surface area contributed by atoms with Crippen molar-refractivity contribution in [2.24, 2.45) is 11.7 Å². The molecule has 0 saturated heterocycles. The van der Waals surface area contributed by atoms with Gasteiger partial charge in [-0.05, 0) is 40.4 Å². The number of rotatable bonds is 6. The summed E-state index contributed by atoms with van der Waals surface area (Å²) in [5, 5.41) is 0.357. The second-order valence-corrected chi connectivity index (χ2v) is 7.62. The summed E-state index contributed by atoms with van der Waals surface area (Å²) >= 11 is 9.11. The van der Waals surface area contributed by atoms with Crippen LogP contribution < -0.4 is 10.5 Å². The number of nitrogens with two attached hydrogens (primary N) is 1. The van der Waals surface area contributed by atoms with Crippen molar-refractivity contribution in [3.05, 3.63) is 27.7 Å². The van der Waals surface area contributed by atoms with Crippen LogP contribution in [0.15, 0.2) is 27.6 Å². The molecular weight excluding hydrogens is 352 g/mol. The maximum absolute atomic E-state index is 12.3. The molecule has 0 radical (unpaired) electrons. The molecule has 19 heavy (non-hydrogen) atoms. The quantitative estimate of drug-likeness (QED) is 0.810. The predicted octanol–water partition coefficient (Wildman–Crippen LogP) is 2.75. The minimum atomic E-state index is -3.63. The molecule has 1 rings (SSSR count). The van der Waals surface area contributed by atoms with Gasteiger partial charge in [0.1, 0.15) is 0 Å². The van der Waals surface area contributed by atoms with Gasteiger partial charge >= 0.3 is 0 Å². The third-order valence-corrected chi connectivity index (χ3v) is 5.79. The van der Waals surface area contributed by atoms with Crippen molar-refractivity contribution in [2.75, 3.05) is 6.54 Å². The van der Waals surface area contributed by atoms with E-state index in [1.807, 2.05) is 13.8 Å². The summed E-state index contributed by atoms with van der Waals surface area (Å²) in [6.07, 6.45) is 0.688. The van der Waals surface area contributed by atoms with Crippen LogP contribution in [0.1, 0.15) is 20.3 Å². The summed E-state index contributed by atoms with van der Waals surface area (Å²) in [5.41, 5.74) is 5.61. The Labute approximate surface area is 127 Å². The molecule has 0 heterocycles. The first kappa shape index (κ1) is 16.9. The molecule has 0 fully saturated rings. The highest BCUT2D eigenvalue weighted by atomic mass is 79.9. The number of nitrogens with one attached hydrogen (secondary N) is 1. The lowest BCUT2D eigenvalue weighted by atomic mass is 10.1. The van der Waals surface area contributed by atoms with E-state index in [0.29, 0.717) is 21.8 Å². The third kappa shape index (κ3) is 4.72. The fraction of sp³-hybridized carbons (Fsp3) is 0.500. The van der Waals surface area contributed by atoms with Crippen molar-refractivity contribution in [3.8, 4) is 0 Å². The van der Waals surface area contributed by atoms with Crippen molar-refractivity contribution in [1.82, 2.24) is 4.72 Å². The van der Waals surface area contributed by atoms with Crippen LogP contribution in [0, 0.1) is 5.92 Å². The van der Waals surface area contributed by atoms with Gasteiger partial charge in [-0.25, -0.2) is 13.1 Å². The number of hydrogen-bond acceptors (Lipinski definition) is 3. The maximum atomic E-state index is 12.3. The Morgan fingerprint density at radius 3 is 2.58 bits per heavy atom. The van der Waals surface area contributed by atoms with E-state index in [1.165, 1.54) is 6.07 Å². The Morgan fingerprint density at radius 2 is 2.05 bits per heavy atom. The molecule has 1 unspecified atom stereocenters. The summed E-state index contributed by atoms with van der Waals surface area (Å²) < 4.78 is 27.6. The highest BCUT2D eigenvalue weighted by Crippen LogP contribution is 2.29. The average Bonchev–Trinajstić information content (AvgIpc) is 2.30. The molecule has 7 heteroatoms. The highest BCUT2D eigenvalue weighted by Gasteiger charge is 2.23. The van der Waals surface area contributed by atoms with Crippen molar-refractivity contribution >= 4 is 37.6 Å². The first-order valence-electron chi connectivity index (χ1n) is 5.94. The summed E-state index contributed by atoms with van der Waals surface area (Å²) in [6.45, 7) is 4.30. The fourth-order valence-corrected chi connectivity index (χ4v) is 4.23. The largest absolute Gasteiger partial charge is 0.329 e. The zero-order valence-electron chi connectivity index (χ0n) is 10.9. The average molecular weight is 370 g/mol. The van der Waals surface area contributed by atoms with E-state index in [4.69, 9.17) is 17.3 Å². The molecule has 0 aliphatic carbocycles. The van der Waals surface area contributed by atoms with E-state index in [9.17, 15) is 8.42 Å². The Bertz CT molecular complexity index is 535. The molecule has 0 amide bonds. The number of sulfonamides is 1. The fourth-order valence-electron chi connectivity index (χ4n) is 1.74. The van der Waals surface area contributed by atoms with E-state index in [2.05, 4.69) is 20.7 Å². The monoisotopic (exact) mass is 368 g/mol. The van der Waals surface area contributed by atoms with E-state index in [-0.39, 0.29) is 17.5 Å². The second-order valence-electron chi connectivity index (χ2n) is 4.74. The summed E-state index contributed by atoms with van der Waals surface area (Å²) in [5.74, 6) is 0.360. The van der Waals surface area contributed by atoms with Crippen molar-refractivity contribution in [2.45, 2.75) is 31.2 Å². The van der Waals surface area contributed by atoms with Gasteiger partial charge in [-0.3, -0.25) is 0 Å². The van der Waals surface area contributed by atoms with E-state index in [0.717, 1.165) is 0 Å². The van der Waals surface area contributed by atoms with Crippen LogP contribution in [0.25, 0.3) is 0 Å². The molecule has 0 aliphatic heterocycles. The maximum Gasteiger partial charge on any atom is 0.242 e. The topological polar surface area (TPSA) is 72.2 Å². The van der Waals surface area contributed by atoms with E-state index in [1.54, 1.807) is 12.1 Å². The molecule has 0 bridgehead atoms. The molecule has 1 aromatic carbocycles. The summed E-state index contributed by atoms with van der Waals surface area (Å²) in [6, 6.07) is 4.44. The minimum Gasteiger partial charge on any atom is -0.329 e. The summed E-state index contributed by atoms with van der Waals surface area (Å²) in [7, 11) is -3.63. The second kappa shape index (κ2) is 7.04. The molecule has 0 aliphatic rings. The lowest BCUT2D eigenvalue weighted by Crippen LogP contribution is -2.41. The molecule has 108 valence electrons. The van der Waals surface area contributed by atoms with Crippen LogP contribution in [-0.2, 0) is 10.0 Å². The molecule has 0 spiro atoms. The van der Waals surface area contributed by atoms with Gasteiger partial charge in [-0.15, -0.1) is 0 Å². The third-order valence-electron chi connectivity index (χ3n) is 2.57. The van der Waals surface area contributed by atoms with E-state index < -0.39 is 10.0 Å². The predicted molar refractivity (Wildman–Crippen MR) is 81.8 cm³/mol. The Hall–Kier alpha value is -0.140. The molecular formula is C12H18BrClN2O2S. The smallest absolute Gasteiger partial charge is 0.242 e. The van der Waals surface area contributed by atoms with Crippen LogP contribution in [0.5, 0.6) is 0 Å². The van der Waals surface area contributed by atoms with Gasteiger partial charge in [0, 0.05) is 12.6 Å². The van der Waals surface area contributed by atoms with Crippen molar-refractivity contribution < 1.29 is 8.42 Å². The van der Waals surface area contributed by atoms with Gasteiger partial charge < -0.3 is 5.73 Å². The van der Waals surface area contributed by atoms with Gasteiger partial charge in [0.25, 0.3) is 0 Å².